The second kappa shape index (κ2) is 6.00. The molecule has 0 saturated carbocycles. The predicted octanol–water partition coefficient (Wildman–Crippen LogP) is 3.83. The van der Waals surface area contributed by atoms with Gasteiger partial charge in [-0.2, -0.15) is 0 Å². The maximum absolute atomic E-state index is 12.1. The Balaban J connectivity index is 2.09. The lowest BCUT2D eigenvalue weighted by atomic mass is 9.86. The summed E-state index contributed by atoms with van der Waals surface area (Å²) in [6, 6.07) is 10.8. The fourth-order valence-corrected chi connectivity index (χ4v) is 2.03. The fourth-order valence-electron chi connectivity index (χ4n) is 2.03. The van der Waals surface area contributed by atoms with Crippen LogP contribution in [-0.4, -0.2) is 16.6 Å². The van der Waals surface area contributed by atoms with Gasteiger partial charge in [0.05, 0.1) is 6.42 Å². The molecule has 0 amide bonds. The highest BCUT2D eigenvalue weighted by atomic mass is 16.1. The van der Waals surface area contributed by atoms with Crippen molar-refractivity contribution in [2.75, 3.05) is 0 Å². The van der Waals surface area contributed by atoms with E-state index in [1.54, 1.807) is 30.5 Å². The van der Waals surface area contributed by atoms with Gasteiger partial charge in [-0.15, -0.1) is 0 Å². The molecule has 3 heteroatoms. The average molecular weight is 281 g/mol. The number of hydrogen-bond donors (Lipinski definition) is 0. The number of carbonyl (C=O) groups is 2. The zero-order chi connectivity index (χ0) is 15.5. The first-order valence-electron chi connectivity index (χ1n) is 6.95. The lowest BCUT2D eigenvalue weighted by Gasteiger charge is -2.18. The van der Waals surface area contributed by atoms with Gasteiger partial charge in [-0.25, -0.2) is 0 Å². The zero-order valence-electron chi connectivity index (χ0n) is 12.6. The lowest BCUT2D eigenvalue weighted by molar-refractivity contribution is 0.0894. The van der Waals surface area contributed by atoms with Gasteiger partial charge in [0.2, 0.25) is 0 Å². The number of benzene rings is 1. The summed E-state index contributed by atoms with van der Waals surface area (Å²) in [5.41, 5.74) is 2.25. The molecule has 0 aliphatic carbocycles. The van der Waals surface area contributed by atoms with E-state index in [-0.39, 0.29) is 23.4 Å². The minimum atomic E-state index is -0.201. The molecule has 0 fully saturated rings. The van der Waals surface area contributed by atoms with Crippen molar-refractivity contribution in [3.63, 3.8) is 0 Å². The SMILES string of the molecule is CC(C)(C)c1ccc(C(=O)CC(=O)c2cccnc2)cc1. The highest BCUT2D eigenvalue weighted by Crippen LogP contribution is 2.22. The van der Waals surface area contributed by atoms with E-state index in [1.807, 2.05) is 12.1 Å². The van der Waals surface area contributed by atoms with Crippen molar-refractivity contribution >= 4 is 11.6 Å². The molecule has 0 bridgehead atoms. The summed E-state index contributed by atoms with van der Waals surface area (Å²) in [6.45, 7) is 6.36. The molecule has 2 rings (SSSR count). The number of carbonyl (C=O) groups excluding carboxylic acids is 2. The maximum atomic E-state index is 12.1. The van der Waals surface area contributed by atoms with E-state index in [1.165, 1.54) is 6.20 Å². The molecule has 0 N–H and O–H groups in total. The summed E-state index contributed by atoms with van der Waals surface area (Å²) >= 11 is 0. The molecule has 108 valence electrons. The highest BCUT2D eigenvalue weighted by Gasteiger charge is 2.16. The third-order valence-electron chi connectivity index (χ3n) is 3.38. The summed E-state index contributed by atoms with van der Waals surface area (Å²) in [5, 5.41) is 0. The summed E-state index contributed by atoms with van der Waals surface area (Å²) < 4.78 is 0. The Kier molecular flexibility index (Phi) is 4.32. The number of Topliss-reactive ketones (excluding diaryl/α,β-unsaturated/α-hetero) is 2. The first-order chi connectivity index (χ1) is 9.88. The molecule has 3 nitrogen and oxygen atoms in total. The Morgan fingerprint density at radius 1 is 0.952 bits per heavy atom. The van der Waals surface area contributed by atoms with Crippen LogP contribution < -0.4 is 0 Å². The molecule has 0 radical (unpaired) electrons. The van der Waals surface area contributed by atoms with E-state index in [0.717, 1.165) is 5.56 Å². The molecule has 1 aromatic heterocycles. The molecular formula is C18H19NO2. The van der Waals surface area contributed by atoms with Crippen LogP contribution in [0.5, 0.6) is 0 Å². The summed E-state index contributed by atoms with van der Waals surface area (Å²) in [7, 11) is 0. The Hall–Kier alpha value is -2.29. The molecule has 0 unspecified atom stereocenters. The van der Waals surface area contributed by atoms with Crippen LogP contribution in [0, 0.1) is 0 Å². The number of pyridine rings is 1. The molecule has 0 spiro atoms. The largest absolute Gasteiger partial charge is 0.294 e. The molecule has 2 aromatic rings. The lowest BCUT2D eigenvalue weighted by Crippen LogP contribution is -2.12. The number of rotatable bonds is 4. The van der Waals surface area contributed by atoms with Gasteiger partial charge >= 0.3 is 0 Å². The van der Waals surface area contributed by atoms with Gasteiger partial charge in [0.25, 0.3) is 0 Å². The zero-order valence-corrected chi connectivity index (χ0v) is 12.6. The van der Waals surface area contributed by atoms with Gasteiger partial charge in [0.15, 0.2) is 11.6 Å². The summed E-state index contributed by atoms with van der Waals surface area (Å²) in [6.07, 6.45) is 2.96. The van der Waals surface area contributed by atoms with Crippen molar-refractivity contribution in [1.29, 1.82) is 0 Å². The molecular weight excluding hydrogens is 262 g/mol. The van der Waals surface area contributed by atoms with Gasteiger partial charge in [-0.3, -0.25) is 14.6 Å². The van der Waals surface area contributed by atoms with Crippen molar-refractivity contribution in [1.82, 2.24) is 4.98 Å². The van der Waals surface area contributed by atoms with Crippen molar-refractivity contribution < 1.29 is 9.59 Å². The molecule has 1 heterocycles. The first-order valence-corrected chi connectivity index (χ1v) is 6.95. The van der Waals surface area contributed by atoms with Gasteiger partial charge in [-0.1, -0.05) is 45.0 Å². The van der Waals surface area contributed by atoms with Crippen LogP contribution in [0.3, 0.4) is 0 Å². The molecule has 0 atom stereocenters. The van der Waals surface area contributed by atoms with Crippen LogP contribution in [0.1, 0.15) is 53.5 Å². The average Bonchev–Trinajstić information content (AvgIpc) is 2.47. The second-order valence-electron chi connectivity index (χ2n) is 6.09. The van der Waals surface area contributed by atoms with E-state index in [2.05, 4.69) is 25.8 Å². The van der Waals surface area contributed by atoms with E-state index in [9.17, 15) is 9.59 Å². The van der Waals surface area contributed by atoms with Gasteiger partial charge in [0, 0.05) is 23.5 Å². The van der Waals surface area contributed by atoms with Crippen LogP contribution >= 0.6 is 0 Å². The molecule has 21 heavy (non-hydrogen) atoms. The topological polar surface area (TPSA) is 47.0 Å². The van der Waals surface area contributed by atoms with E-state index >= 15 is 0 Å². The summed E-state index contributed by atoms with van der Waals surface area (Å²) in [5.74, 6) is -0.364. The van der Waals surface area contributed by atoms with Crippen molar-refractivity contribution in [2.45, 2.75) is 32.6 Å². The minimum Gasteiger partial charge on any atom is -0.294 e. The highest BCUT2D eigenvalue weighted by molar-refractivity contribution is 6.13. The van der Waals surface area contributed by atoms with Gasteiger partial charge in [-0.05, 0) is 23.1 Å². The Bertz CT molecular complexity index is 637. The predicted molar refractivity (Wildman–Crippen MR) is 82.7 cm³/mol. The molecule has 0 aliphatic heterocycles. The van der Waals surface area contributed by atoms with E-state index in [4.69, 9.17) is 0 Å². The van der Waals surface area contributed by atoms with E-state index in [0.29, 0.717) is 11.1 Å². The Labute approximate surface area is 125 Å². The van der Waals surface area contributed by atoms with Crippen molar-refractivity contribution in [2.24, 2.45) is 0 Å². The fraction of sp³-hybridized carbons (Fsp3) is 0.278. The van der Waals surface area contributed by atoms with Crippen molar-refractivity contribution in [3.05, 3.63) is 65.5 Å². The monoisotopic (exact) mass is 281 g/mol. The number of nitrogens with zero attached hydrogens (tertiary/aromatic N) is 1. The number of aromatic nitrogens is 1. The normalized spacial score (nSPS) is 11.2. The Morgan fingerprint density at radius 3 is 2.10 bits per heavy atom. The van der Waals surface area contributed by atoms with Crippen molar-refractivity contribution in [3.8, 4) is 0 Å². The molecule has 1 aromatic carbocycles. The minimum absolute atomic E-state index is 0.0487. The van der Waals surface area contributed by atoms with Crippen LogP contribution in [0.15, 0.2) is 48.8 Å². The van der Waals surface area contributed by atoms with Gasteiger partial charge < -0.3 is 0 Å². The smallest absolute Gasteiger partial charge is 0.172 e. The number of hydrogen-bond acceptors (Lipinski definition) is 3. The third kappa shape index (κ3) is 3.85. The third-order valence-corrected chi connectivity index (χ3v) is 3.38. The maximum Gasteiger partial charge on any atom is 0.172 e. The number of ketones is 2. The van der Waals surface area contributed by atoms with Gasteiger partial charge in [0.1, 0.15) is 0 Å². The van der Waals surface area contributed by atoms with Crippen LogP contribution in [-0.2, 0) is 5.41 Å². The van der Waals surface area contributed by atoms with Crippen LogP contribution in [0.2, 0.25) is 0 Å². The van der Waals surface area contributed by atoms with E-state index < -0.39 is 0 Å². The molecule has 0 saturated heterocycles. The Morgan fingerprint density at radius 2 is 1.57 bits per heavy atom. The summed E-state index contributed by atoms with van der Waals surface area (Å²) in [4.78, 5) is 28.0. The standard InChI is InChI=1S/C18H19NO2/c1-18(2,3)15-8-6-13(7-9-15)16(20)11-17(21)14-5-4-10-19-12-14/h4-10,12H,11H2,1-3H3. The quantitative estimate of drug-likeness (QED) is 0.632. The molecule has 0 aliphatic rings. The second-order valence-corrected chi connectivity index (χ2v) is 6.09. The first kappa shape index (κ1) is 15.1. The van der Waals surface area contributed by atoms with Crippen LogP contribution in [0.25, 0.3) is 0 Å². The van der Waals surface area contributed by atoms with Crippen LogP contribution in [0.4, 0.5) is 0 Å².